The van der Waals surface area contributed by atoms with Crippen LogP contribution >= 0.6 is 0 Å². The SMILES string of the molecule is COc1cccc(N2CCN(C(=O)c3c(C)cc(C)[nH]c3=O)[C@H](C)C2=O)c1. The number of amides is 2. The Balaban J connectivity index is 1.86. The maximum absolute atomic E-state index is 13.0. The van der Waals surface area contributed by atoms with Crippen LogP contribution in [0.4, 0.5) is 5.69 Å². The lowest BCUT2D eigenvalue weighted by Crippen LogP contribution is -2.58. The molecule has 2 aromatic rings. The smallest absolute Gasteiger partial charge is 0.261 e. The third kappa shape index (κ3) is 3.45. The summed E-state index contributed by atoms with van der Waals surface area (Å²) in [6.45, 7) is 5.88. The number of carbonyl (C=O) groups is 2. The molecule has 0 bridgehead atoms. The van der Waals surface area contributed by atoms with E-state index in [9.17, 15) is 14.4 Å². The number of rotatable bonds is 3. The maximum Gasteiger partial charge on any atom is 0.261 e. The predicted octanol–water partition coefficient (Wildman–Crippen LogP) is 1.88. The van der Waals surface area contributed by atoms with Crippen molar-refractivity contribution in [3.63, 3.8) is 0 Å². The fraction of sp³-hybridized carbons (Fsp3) is 0.350. The van der Waals surface area contributed by atoms with Crippen LogP contribution in [0.25, 0.3) is 0 Å². The minimum absolute atomic E-state index is 0.0927. The van der Waals surface area contributed by atoms with E-state index in [2.05, 4.69) is 4.98 Å². The molecule has 1 atom stereocenters. The molecule has 0 radical (unpaired) electrons. The van der Waals surface area contributed by atoms with Crippen LogP contribution in [0.1, 0.15) is 28.5 Å². The molecule has 1 fully saturated rings. The van der Waals surface area contributed by atoms with Crippen LogP contribution in [0.5, 0.6) is 5.75 Å². The Kier molecular flexibility index (Phi) is 5.03. The minimum Gasteiger partial charge on any atom is -0.497 e. The molecular weight excluding hydrogens is 346 g/mol. The summed E-state index contributed by atoms with van der Waals surface area (Å²) < 4.78 is 5.22. The zero-order valence-corrected chi connectivity index (χ0v) is 15.9. The van der Waals surface area contributed by atoms with Crippen molar-refractivity contribution >= 4 is 17.5 Å². The van der Waals surface area contributed by atoms with E-state index in [1.54, 1.807) is 44.9 Å². The standard InChI is InChI=1S/C20H23N3O4/c1-12-10-13(2)21-18(24)17(12)20(26)22-8-9-23(19(25)14(22)3)15-6-5-7-16(11-15)27-4/h5-7,10-11,14H,8-9H2,1-4H3,(H,21,24)/t14-/m1/s1. The number of nitrogens with zero attached hydrogens (tertiary/aromatic N) is 2. The number of nitrogens with one attached hydrogen (secondary N) is 1. The van der Waals surface area contributed by atoms with Crippen LogP contribution in [-0.4, -0.2) is 47.9 Å². The van der Waals surface area contributed by atoms with Crippen LogP contribution in [0, 0.1) is 13.8 Å². The summed E-state index contributed by atoms with van der Waals surface area (Å²) in [5, 5.41) is 0. The van der Waals surface area contributed by atoms with Crippen LogP contribution in [-0.2, 0) is 4.79 Å². The molecule has 0 saturated carbocycles. The Morgan fingerprint density at radius 3 is 2.59 bits per heavy atom. The van der Waals surface area contributed by atoms with Crippen LogP contribution in [0.3, 0.4) is 0 Å². The third-order valence-electron chi connectivity index (χ3n) is 4.86. The first kappa shape index (κ1) is 18.7. The van der Waals surface area contributed by atoms with Crippen molar-refractivity contribution in [1.82, 2.24) is 9.88 Å². The van der Waals surface area contributed by atoms with Gasteiger partial charge in [0.15, 0.2) is 0 Å². The van der Waals surface area contributed by atoms with E-state index >= 15 is 0 Å². The molecule has 1 aromatic carbocycles. The quantitative estimate of drug-likeness (QED) is 0.895. The van der Waals surface area contributed by atoms with E-state index in [0.717, 1.165) is 5.69 Å². The zero-order valence-electron chi connectivity index (χ0n) is 15.9. The highest BCUT2D eigenvalue weighted by molar-refractivity contribution is 6.03. The molecule has 2 amide bonds. The number of piperazine rings is 1. The second-order valence-corrected chi connectivity index (χ2v) is 6.71. The number of methoxy groups -OCH3 is 1. The largest absolute Gasteiger partial charge is 0.497 e. The molecule has 0 spiro atoms. The van der Waals surface area contributed by atoms with Gasteiger partial charge in [0.2, 0.25) is 5.91 Å². The number of H-pyrrole nitrogens is 1. The van der Waals surface area contributed by atoms with Gasteiger partial charge >= 0.3 is 0 Å². The van der Waals surface area contributed by atoms with Crippen molar-refractivity contribution in [2.75, 3.05) is 25.1 Å². The number of hydrogen-bond acceptors (Lipinski definition) is 4. The van der Waals surface area contributed by atoms with Gasteiger partial charge in [0, 0.05) is 30.5 Å². The molecule has 1 aromatic heterocycles. The number of aromatic nitrogens is 1. The Bertz CT molecular complexity index is 950. The summed E-state index contributed by atoms with van der Waals surface area (Å²) >= 11 is 0. The van der Waals surface area contributed by atoms with Crippen molar-refractivity contribution in [3.05, 3.63) is 57.5 Å². The van der Waals surface area contributed by atoms with Crippen molar-refractivity contribution in [3.8, 4) is 5.75 Å². The van der Waals surface area contributed by atoms with Crippen molar-refractivity contribution < 1.29 is 14.3 Å². The van der Waals surface area contributed by atoms with E-state index in [4.69, 9.17) is 4.74 Å². The Hall–Kier alpha value is -3.09. The fourth-order valence-electron chi connectivity index (χ4n) is 3.45. The summed E-state index contributed by atoms with van der Waals surface area (Å²) in [5.41, 5.74) is 1.70. The number of hydrogen-bond donors (Lipinski definition) is 1. The summed E-state index contributed by atoms with van der Waals surface area (Å²) in [7, 11) is 1.57. The lowest BCUT2D eigenvalue weighted by Gasteiger charge is -2.39. The second kappa shape index (κ2) is 7.26. The van der Waals surface area contributed by atoms with Crippen LogP contribution in [0.2, 0.25) is 0 Å². The summed E-state index contributed by atoms with van der Waals surface area (Å²) in [5.74, 6) is 0.0530. The molecule has 0 unspecified atom stereocenters. The molecule has 7 heteroatoms. The van der Waals surface area contributed by atoms with E-state index < -0.39 is 17.5 Å². The number of pyridine rings is 1. The number of carbonyl (C=O) groups excluding carboxylic acids is 2. The highest BCUT2D eigenvalue weighted by Gasteiger charge is 2.36. The Labute approximate surface area is 157 Å². The highest BCUT2D eigenvalue weighted by atomic mass is 16.5. The monoisotopic (exact) mass is 369 g/mol. The average Bonchev–Trinajstić information content (AvgIpc) is 2.63. The molecule has 1 N–H and O–H groups in total. The van der Waals surface area contributed by atoms with Gasteiger partial charge in [0.05, 0.1) is 7.11 Å². The summed E-state index contributed by atoms with van der Waals surface area (Å²) in [6, 6.07) is 8.34. The van der Waals surface area contributed by atoms with E-state index in [0.29, 0.717) is 30.1 Å². The van der Waals surface area contributed by atoms with Gasteiger partial charge in [-0.05, 0) is 44.5 Å². The highest BCUT2D eigenvalue weighted by Crippen LogP contribution is 2.25. The van der Waals surface area contributed by atoms with Crippen molar-refractivity contribution in [2.45, 2.75) is 26.8 Å². The van der Waals surface area contributed by atoms with E-state index in [1.165, 1.54) is 4.90 Å². The molecule has 7 nitrogen and oxygen atoms in total. The lowest BCUT2D eigenvalue weighted by atomic mass is 10.1. The Morgan fingerprint density at radius 1 is 1.19 bits per heavy atom. The first-order valence-electron chi connectivity index (χ1n) is 8.80. The van der Waals surface area contributed by atoms with Gasteiger partial charge in [-0.25, -0.2) is 0 Å². The van der Waals surface area contributed by atoms with E-state index in [1.807, 2.05) is 18.2 Å². The summed E-state index contributed by atoms with van der Waals surface area (Å²) in [4.78, 5) is 43.9. The van der Waals surface area contributed by atoms with Gasteiger partial charge in [-0.3, -0.25) is 14.4 Å². The van der Waals surface area contributed by atoms with Gasteiger partial charge in [-0.2, -0.15) is 0 Å². The first-order chi connectivity index (χ1) is 12.8. The van der Waals surface area contributed by atoms with Crippen molar-refractivity contribution in [2.24, 2.45) is 0 Å². The van der Waals surface area contributed by atoms with Crippen LogP contribution < -0.4 is 15.2 Å². The van der Waals surface area contributed by atoms with Crippen molar-refractivity contribution in [1.29, 1.82) is 0 Å². The molecule has 1 saturated heterocycles. The molecule has 2 heterocycles. The number of aromatic amines is 1. The molecule has 27 heavy (non-hydrogen) atoms. The van der Waals surface area contributed by atoms with Crippen LogP contribution in [0.15, 0.2) is 35.1 Å². The fourth-order valence-corrected chi connectivity index (χ4v) is 3.45. The third-order valence-corrected chi connectivity index (χ3v) is 4.86. The Morgan fingerprint density at radius 2 is 1.93 bits per heavy atom. The van der Waals surface area contributed by atoms with Gasteiger partial charge < -0.3 is 19.5 Å². The topological polar surface area (TPSA) is 82.7 Å². The second-order valence-electron chi connectivity index (χ2n) is 6.71. The van der Waals surface area contributed by atoms with Gasteiger partial charge in [-0.15, -0.1) is 0 Å². The normalized spacial score (nSPS) is 17.2. The number of aryl methyl sites for hydroxylation is 2. The molecular formula is C20H23N3O4. The molecule has 142 valence electrons. The number of anilines is 1. The van der Waals surface area contributed by atoms with E-state index in [-0.39, 0.29) is 11.5 Å². The number of benzene rings is 1. The molecule has 3 rings (SSSR count). The first-order valence-corrected chi connectivity index (χ1v) is 8.80. The van der Waals surface area contributed by atoms with Gasteiger partial charge in [0.25, 0.3) is 11.5 Å². The molecule has 1 aliphatic heterocycles. The molecule has 0 aliphatic carbocycles. The average molecular weight is 369 g/mol. The minimum atomic E-state index is -0.669. The number of ether oxygens (including phenoxy) is 1. The van der Waals surface area contributed by atoms with Gasteiger partial charge in [-0.1, -0.05) is 6.07 Å². The predicted molar refractivity (Wildman–Crippen MR) is 102 cm³/mol. The lowest BCUT2D eigenvalue weighted by molar-refractivity contribution is -0.124. The maximum atomic E-state index is 13.0. The zero-order chi connectivity index (χ0) is 19.7. The summed E-state index contributed by atoms with van der Waals surface area (Å²) in [6.07, 6.45) is 0. The van der Waals surface area contributed by atoms with Gasteiger partial charge in [0.1, 0.15) is 17.4 Å². The molecule has 1 aliphatic rings.